The second-order valence-electron chi connectivity index (χ2n) is 5.84. The summed E-state index contributed by atoms with van der Waals surface area (Å²) in [6, 6.07) is 21.1. The molecule has 0 aliphatic carbocycles. The molecule has 0 bridgehead atoms. The molecular weight excluding hydrogens is 256 g/mol. The van der Waals surface area contributed by atoms with Gasteiger partial charge in [0.2, 0.25) is 0 Å². The zero-order valence-corrected chi connectivity index (χ0v) is 12.4. The van der Waals surface area contributed by atoms with E-state index in [1.807, 2.05) is 6.07 Å². The third kappa shape index (κ3) is 3.83. The first-order chi connectivity index (χ1) is 10.3. The van der Waals surface area contributed by atoms with Gasteiger partial charge in [0.05, 0.1) is 12.2 Å². The second kappa shape index (κ2) is 6.73. The van der Waals surface area contributed by atoms with E-state index in [9.17, 15) is 0 Å². The fraction of sp³-hybridized carbons (Fsp3) is 0.300. The van der Waals surface area contributed by atoms with Crippen molar-refractivity contribution in [3.63, 3.8) is 0 Å². The van der Waals surface area contributed by atoms with Gasteiger partial charge in [-0.25, -0.2) is 0 Å². The Bertz CT molecular complexity index is 573. The highest BCUT2D eigenvalue weighted by molar-refractivity contribution is 5.21. The molecule has 0 saturated carbocycles. The molecule has 1 heteroatoms. The molecule has 0 N–H and O–H groups in total. The molecule has 1 heterocycles. The monoisotopic (exact) mass is 278 g/mol. The molecule has 1 aliphatic heterocycles. The predicted octanol–water partition coefficient (Wildman–Crippen LogP) is 5.10. The van der Waals surface area contributed by atoms with Gasteiger partial charge in [0.25, 0.3) is 0 Å². The molecule has 0 aromatic heterocycles. The molecule has 21 heavy (non-hydrogen) atoms. The van der Waals surface area contributed by atoms with E-state index in [1.165, 1.54) is 16.7 Å². The standard InChI is InChI=1S/C20H22O/c1-16-14-19(13-12-17-8-4-2-5-9-17)21-20(15-16)18-10-6-3-7-11-18/h2-11,19-20H,1,12-15H2/t19-,20+/m0/s1. The van der Waals surface area contributed by atoms with Crippen LogP contribution in [0.1, 0.15) is 36.5 Å². The van der Waals surface area contributed by atoms with Crippen molar-refractivity contribution in [1.82, 2.24) is 0 Å². The van der Waals surface area contributed by atoms with E-state index < -0.39 is 0 Å². The van der Waals surface area contributed by atoms with Crippen LogP contribution in [-0.4, -0.2) is 6.10 Å². The lowest BCUT2D eigenvalue weighted by Crippen LogP contribution is -2.24. The highest BCUT2D eigenvalue weighted by Crippen LogP contribution is 2.35. The summed E-state index contributed by atoms with van der Waals surface area (Å²) in [4.78, 5) is 0. The molecule has 3 rings (SSSR count). The second-order valence-corrected chi connectivity index (χ2v) is 5.84. The maximum atomic E-state index is 6.30. The normalized spacial score (nSPS) is 22.2. The largest absolute Gasteiger partial charge is 0.370 e. The number of ether oxygens (including phenoxy) is 1. The Labute approximate surface area is 127 Å². The van der Waals surface area contributed by atoms with E-state index in [4.69, 9.17) is 4.74 Å². The van der Waals surface area contributed by atoms with Gasteiger partial charge >= 0.3 is 0 Å². The van der Waals surface area contributed by atoms with E-state index in [0.717, 1.165) is 25.7 Å². The average molecular weight is 278 g/mol. The Morgan fingerprint density at radius 1 is 0.905 bits per heavy atom. The molecule has 1 saturated heterocycles. The molecule has 1 fully saturated rings. The molecule has 2 aromatic carbocycles. The van der Waals surface area contributed by atoms with E-state index in [0.29, 0.717) is 0 Å². The van der Waals surface area contributed by atoms with Crippen LogP contribution in [0.5, 0.6) is 0 Å². The minimum atomic E-state index is 0.174. The molecule has 0 unspecified atom stereocenters. The molecule has 0 amide bonds. The minimum Gasteiger partial charge on any atom is -0.370 e. The average Bonchev–Trinajstić information content (AvgIpc) is 2.54. The molecule has 2 aromatic rings. The SMILES string of the molecule is C=C1C[C@H](CCc2ccccc2)O[C@@H](c2ccccc2)C1. The molecule has 0 spiro atoms. The van der Waals surface area contributed by atoms with Crippen LogP contribution in [0.15, 0.2) is 72.8 Å². The summed E-state index contributed by atoms with van der Waals surface area (Å²) in [6.45, 7) is 4.22. The maximum Gasteiger partial charge on any atom is 0.0865 e. The molecule has 0 radical (unpaired) electrons. The van der Waals surface area contributed by atoms with E-state index >= 15 is 0 Å². The van der Waals surface area contributed by atoms with Crippen molar-refractivity contribution in [1.29, 1.82) is 0 Å². The Hall–Kier alpha value is -1.86. The first-order valence-electron chi connectivity index (χ1n) is 7.72. The van der Waals surface area contributed by atoms with Gasteiger partial charge in [-0.05, 0) is 36.8 Å². The number of rotatable bonds is 4. The smallest absolute Gasteiger partial charge is 0.0865 e. The number of aryl methyl sites for hydroxylation is 1. The predicted molar refractivity (Wildman–Crippen MR) is 87.2 cm³/mol. The van der Waals surface area contributed by atoms with Crippen LogP contribution in [0.2, 0.25) is 0 Å². The summed E-state index contributed by atoms with van der Waals surface area (Å²) in [6.07, 6.45) is 4.54. The van der Waals surface area contributed by atoms with E-state index in [2.05, 4.69) is 61.2 Å². The first kappa shape index (κ1) is 14.1. The molecule has 2 atom stereocenters. The highest BCUT2D eigenvalue weighted by atomic mass is 16.5. The van der Waals surface area contributed by atoms with Gasteiger partial charge in [-0.1, -0.05) is 72.8 Å². The highest BCUT2D eigenvalue weighted by Gasteiger charge is 2.25. The lowest BCUT2D eigenvalue weighted by atomic mass is 9.92. The quantitative estimate of drug-likeness (QED) is 0.707. The zero-order valence-electron chi connectivity index (χ0n) is 12.4. The van der Waals surface area contributed by atoms with Crippen LogP contribution in [0.25, 0.3) is 0 Å². The van der Waals surface area contributed by atoms with E-state index in [1.54, 1.807) is 0 Å². The Morgan fingerprint density at radius 3 is 2.29 bits per heavy atom. The van der Waals surface area contributed by atoms with Crippen molar-refractivity contribution >= 4 is 0 Å². The zero-order chi connectivity index (χ0) is 14.5. The number of benzene rings is 2. The third-order valence-electron chi connectivity index (χ3n) is 4.12. The lowest BCUT2D eigenvalue weighted by molar-refractivity contribution is -0.0361. The van der Waals surface area contributed by atoms with Crippen LogP contribution < -0.4 is 0 Å². The van der Waals surface area contributed by atoms with Crippen LogP contribution in [-0.2, 0) is 11.2 Å². The topological polar surface area (TPSA) is 9.23 Å². The summed E-state index contributed by atoms with van der Waals surface area (Å²) < 4.78 is 6.30. The van der Waals surface area contributed by atoms with Crippen molar-refractivity contribution in [2.75, 3.05) is 0 Å². The van der Waals surface area contributed by atoms with Crippen molar-refractivity contribution in [2.24, 2.45) is 0 Å². The fourth-order valence-corrected chi connectivity index (χ4v) is 3.00. The van der Waals surface area contributed by atoms with Crippen LogP contribution in [0.3, 0.4) is 0 Å². The Balaban J connectivity index is 1.62. The fourth-order valence-electron chi connectivity index (χ4n) is 3.00. The Kier molecular flexibility index (Phi) is 4.52. The molecular formula is C20H22O. The molecule has 1 nitrogen and oxygen atoms in total. The van der Waals surface area contributed by atoms with Gasteiger partial charge in [-0.3, -0.25) is 0 Å². The number of hydrogen-bond acceptors (Lipinski definition) is 1. The van der Waals surface area contributed by atoms with Crippen LogP contribution in [0, 0.1) is 0 Å². The van der Waals surface area contributed by atoms with Gasteiger partial charge in [-0.15, -0.1) is 0 Å². The number of hydrogen-bond donors (Lipinski definition) is 0. The minimum absolute atomic E-state index is 0.174. The van der Waals surface area contributed by atoms with Crippen molar-refractivity contribution < 1.29 is 4.74 Å². The van der Waals surface area contributed by atoms with Gasteiger partial charge in [0.15, 0.2) is 0 Å². The Morgan fingerprint density at radius 2 is 1.57 bits per heavy atom. The van der Waals surface area contributed by atoms with Crippen LogP contribution >= 0.6 is 0 Å². The van der Waals surface area contributed by atoms with Crippen molar-refractivity contribution in [2.45, 2.75) is 37.9 Å². The van der Waals surface area contributed by atoms with Gasteiger partial charge in [-0.2, -0.15) is 0 Å². The summed E-state index contributed by atoms with van der Waals surface area (Å²) in [7, 11) is 0. The summed E-state index contributed by atoms with van der Waals surface area (Å²) >= 11 is 0. The summed E-state index contributed by atoms with van der Waals surface area (Å²) in [5, 5.41) is 0. The van der Waals surface area contributed by atoms with Gasteiger partial charge < -0.3 is 4.74 Å². The van der Waals surface area contributed by atoms with Crippen molar-refractivity contribution in [3.8, 4) is 0 Å². The van der Waals surface area contributed by atoms with E-state index in [-0.39, 0.29) is 12.2 Å². The summed E-state index contributed by atoms with van der Waals surface area (Å²) in [5.74, 6) is 0. The maximum absolute atomic E-state index is 6.30. The van der Waals surface area contributed by atoms with Crippen molar-refractivity contribution in [3.05, 3.63) is 83.9 Å². The molecule has 108 valence electrons. The lowest BCUT2D eigenvalue weighted by Gasteiger charge is -2.32. The van der Waals surface area contributed by atoms with Crippen LogP contribution in [0.4, 0.5) is 0 Å². The third-order valence-corrected chi connectivity index (χ3v) is 4.12. The molecule has 1 aliphatic rings. The van der Waals surface area contributed by atoms with Gasteiger partial charge in [0.1, 0.15) is 0 Å². The summed E-state index contributed by atoms with van der Waals surface area (Å²) in [5.41, 5.74) is 3.96. The van der Waals surface area contributed by atoms with Gasteiger partial charge in [0, 0.05) is 0 Å². The first-order valence-corrected chi connectivity index (χ1v) is 7.72.